The highest BCUT2D eigenvalue weighted by atomic mass is 35.5. The first-order chi connectivity index (χ1) is 13.8. The first-order valence-electron chi connectivity index (χ1n) is 9.29. The minimum absolute atomic E-state index is 0.0356. The fourth-order valence-corrected chi connectivity index (χ4v) is 4.65. The van der Waals surface area contributed by atoms with E-state index in [-0.39, 0.29) is 11.9 Å². The summed E-state index contributed by atoms with van der Waals surface area (Å²) in [6.45, 7) is 0.858. The number of hydrogen-bond donors (Lipinski definition) is 1. The normalized spacial score (nSPS) is 12.4. The van der Waals surface area contributed by atoms with Crippen molar-refractivity contribution >= 4 is 34.4 Å². The molecule has 0 aliphatic rings. The maximum absolute atomic E-state index is 9.40. The molecule has 5 heteroatoms. The van der Waals surface area contributed by atoms with Gasteiger partial charge in [0.1, 0.15) is 5.82 Å². The Balaban J connectivity index is 1.86. The molecule has 1 unspecified atom stereocenters. The van der Waals surface area contributed by atoms with Gasteiger partial charge in [-0.2, -0.15) is 0 Å². The molecule has 0 radical (unpaired) electrons. The molecule has 0 fully saturated rings. The largest absolute Gasteiger partial charge is 0.396 e. The second-order valence-electron chi connectivity index (χ2n) is 6.55. The molecule has 0 amide bonds. The number of rotatable bonds is 7. The predicted octanol–water partition coefficient (Wildman–Crippen LogP) is 5.95. The molecule has 3 nitrogen and oxygen atoms in total. The molecular formula is C23H21ClN2OS. The lowest BCUT2D eigenvalue weighted by Crippen LogP contribution is -2.09. The quantitative estimate of drug-likeness (QED) is 0.384. The van der Waals surface area contributed by atoms with E-state index in [4.69, 9.17) is 16.6 Å². The molecule has 3 aromatic carbocycles. The van der Waals surface area contributed by atoms with Crippen LogP contribution in [0.15, 0.2) is 83.8 Å². The fraction of sp³-hybridized carbons (Fsp3) is 0.174. The number of halogens is 1. The van der Waals surface area contributed by atoms with Crippen LogP contribution in [0.5, 0.6) is 0 Å². The predicted molar refractivity (Wildman–Crippen MR) is 117 cm³/mol. The van der Waals surface area contributed by atoms with Gasteiger partial charge in [-0.25, -0.2) is 4.98 Å². The molecule has 0 aliphatic heterocycles. The molecule has 4 rings (SSSR count). The van der Waals surface area contributed by atoms with Gasteiger partial charge in [0.05, 0.1) is 16.3 Å². The van der Waals surface area contributed by atoms with Crippen LogP contribution in [0, 0.1) is 0 Å². The van der Waals surface area contributed by atoms with Crippen molar-refractivity contribution in [2.24, 2.45) is 0 Å². The molecule has 0 saturated carbocycles. The number of aliphatic hydroxyl groups excluding tert-OH is 1. The van der Waals surface area contributed by atoms with E-state index in [9.17, 15) is 5.11 Å². The molecular weight excluding hydrogens is 388 g/mol. The van der Waals surface area contributed by atoms with Crippen molar-refractivity contribution in [2.45, 2.75) is 23.1 Å². The van der Waals surface area contributed by atoms with Gasteiger partial charge in [0, 0.05) is 23.1 Å². The molecule has 0 aliphatic carbocycles. The van der Waals surface area contributed by atoms with Crippen LogP contribution in [0.4, 0.5) is 0 Å². The second kappa shape index (κ2) is 8.82. The molecule has 1 aromatic heterocycles. The van der Waals surface area contributed by atoms with Gasteiger partial charge < -0.3 is 9.67 Å². The third-order valence-corrected chi connectivity index (χ3v) is 6.11. The van der Waals surface area contributed by atoms with Gasteiger partial charge in [-0.3, -0.25) is 0 Å². The van der Waals surface area contributed by atoms with Crippen LogP contribution in [-0.2, 0) is 6.54 Å². The fourth-order valence-electron chi connectivity index (χ4n) is 3.32. The van der Waals surface area contributed by atoms with Crippen LogP contribution in [-0.4, -0.2) is 21.3 Å². The smallest absolute Gasteiger partial charge is 0.127 e. The van der Waals surface area contributed by atoms with Crippen molar-refractivity contribution in [3.05, 3.63) is 95.3 Å². The van der Waals surface area contributed by atoms with Crippen LogP contribution in [0.2, 0.25) is 5.02 Å². The summed E-state index contributed by atoms with van der Waals surface area (Å²) >= 11 is 8.00. The number of fused-ring (bicyclic) bond motifs is 1. The van der Waals surface area contributed by atoms with E-state index in [0.29, 0.717) is 18.0 Å². The van der Waals surface area contributed by atoms with Gasteiger partial charge in [-0.1, -0.05) is 60.1 Å². The minimum atomic E-state index is 0.0356. The third-order valence-electron chi connectivity index (χ3n) is 4.61. The van der Waals surface area contributed by atoms with E-state index in [1.54, 1.807) is 11.8 Å². The first kappa shape index (κ1) is 19.1. The number of hydrogen-bond acceptors (Lipinski definition) is 3. The average molecular weight is 409 g/mol. The number of imidazole rings is 1. The van der Waals surface area contributed by atoms with Crippen molar-refractivity contribution in [3.63, 3.8) is 0 Å². The zero-order valence-corrected chi connectivity index (χ0v) is 16.9. The summed E-state index contributed by atoms with van der Waals surface area (Å²) in [5.74, 6) is 0.978. The second-order valence-corrected chi connectivity index (χ2v) is 8.17. The van der Waals surface area contributed by atoms with E-state index in [1.807, 2.05) is 30.3 Å². The third kappa shape index (κ3) is 4.09. The molecule has 28 heavy (non-hydrogen) atoms. The lowest BCUT2D eigenvalue weighted by molar-refractivity contribution is 0.280. The Kier molecular flexibility index (Phi) is 6.01. The lowest BCUT2D eigenvalue weighted by Gasteiger charge is -2.19. The van der Waals surface area contributed by atoms with Gasteiger partial charge in [-0.05, 0) is 42.3 Å². The molecule has 1 heterocycles. The average Bonchev–Trinajstić information content (AvgIpc) is 3.09. The van der Waals surface area contributed by atoms with E-state index in [1.165, 1.54) is 10.5 Å². The number of benzene rings is 3. The highest BCUT2D eigenvalue weighted by Crippen LogP contribution is 2.41. The number of nitrogens with zero attached hydrogens (tertiary/aromatic N) is 2. The van der Waals surface area contributed by atoms with Crippen molar-refractivity contribution in [2.75, 3.05) is 6.61 Å². The Morgan fingerprint density at radius 1 is 0.964 bits per heavy atom. The SMILES string of the molecule is OCCCn1c(C(Sc2ccccc2)c2ccccc2)nc2cc(Cl)ccc21. The summed E-state index contributed by atoms with van der Waals surface area (Å²) < 4.78 is 2.22. The number of thioether (sulfide) groups is 1. The molecule has 0 bridgehead atoms. The van der Waals surface area contributed by atoms with Crippen molar-refractivity contribution in [3.8, 4) is 0 Å². The Labute approximate surface area is 174 Å². The zero-order chi connectivity index (χ0) is 19.3. The Hall–Kier alpha value is -2.27. The van der Waals surface area contributed by atoms with Crippen molar-refractivity contribution < 1.29 is 5.11 Å². The summed E-state index contributed by atoms with van der Waals surface area (Å²) in [5.41, 5.74) is 3.13. The molecule has 142 valence electrons. The number of aliphatic hydroxyl groups is 1. The molecule has 4 aromatic rings. The monoisotopic (exact) mass is 408 g/mol. The van der Waals surface area contributed by atoms with E-state index < -0.39 is 0 Å². The Morgan fingerprint density at radius 2 is 1.68 bits per heavy atom. The summed E-state index contributed by atoms with van der Waals surface area (Å²) in [5, 5.41) is 10.1. The van der Waals surface area contributed by atoms with Crippen LogP contribution in [0.3, 0.4) is 0 Å². The van der Waals surface area contributed by atoms with Crippen LogP contribution in [0.25, 0.3) is 11.0 Å². The summed E-state index contributed by atoms with van der Waals surface area (Å²) in [6.07, 6.45) is 0.679. The molecule has 1 atom stereocenters. The van der Waals surface area contributed by atoms with Gasteiger partial charge in [0.25, 0.3) is 0 Å². The lowest BCUT2D eigenvalue weighted by atomic mass is 10.1. The summed E-state index contributed by atoms with van der Waals surface area (Å²) in [7, 11) is 0. The standard InChI is InChI=1S/C23H21ClN2OS/c24-18-12-13-21-20(16-18)25-23(26(21)14-7-15-27)22(17-8-3-1-4-9-17)28-19-10-5-2-6-11-19/h1-6,8-13,16,22,27H,7,14-15H2. The van der Waals surface area contributed by atoms with Crippen molar-refractivity contribution in [1.82, 2.24) is 9.55 Å². The van der Waals surface area contributed by atoms with Crippen molar-refractivity contribution in [1.29, 1.82) is 0 Å². The maximum Gasteiger partial charge on any atom is 0.127 e. The highest BCUT2D eigenvalue weighted by molar-refractivity contribution is 7.99. The zero-order valence-electron chi connectivity index (χ0n) is 15.3. The van der Waals surface area contributed by atoms with Gasteiger partial charge in [0.15, 0.2) is 0 Å². The number of aryl methyl sites for hydroxylation is 1. The minimum Gasteiger partial charge on any atom is -0.396 e. The van der Waals surface area contributed by atoms with E-state index in [2.05, 4.69) is 53.1 Å². The van der Waals surface area contributed by atoms with Crippen LogP contribution < -0.4 is 0 Å². The van der Waals surface area contributed by atoms with Gasteiger partial charge in [0.2, 0.25) is 0 Å². The molecule has 0 spiro atoms. The summed E-state index contributed by atoms with van der Waals surface area (Å²) in [4.78, 5) is 6.17. The van der Waals surface area contributed by atoms with Gasteiger partial charge >= 0.3 is 0 Å². The summed E-state index contributed by atoms with van der Waals surface area (Å²) in [6, 6.07) is 26.6. The van der Waals surface area contributed by atoms with Gasteiger partial charge in [-0.15, -0.1) is 11.8 Å². The topological polar surface area (TPSA) is 38.0 Å². The molecule has 0 saturated heterocycles. The van der Waals surface area contributed by atoms with Crippen LogP contribution in [0.1, 0.15) is 23.1 Å². The van der Waals surface area contributed by atoms with E-state index >= 15 is 0 Å². The van der Waals surface area contributed by atoms with Crippen LogP contribution >= 0.6 is 23.4 Å². The first-order valence-corrected chi connectivity index (χ1v) is 10.6. The Morgan fingerprint density at radius 3 is 2.39 bits per heavy atom. The Bertz CT molecular complexity index is 1050. The maximum atomic E-state index is 9.40. The highest BCUT2D eigenvalue weighted by Gasteiger charge is 2.23. The molecule has 1 N–H and O–H groups in total. The van der Waals surface area contributed by atoms with E-state index in [0.717, 1.165) is 16.9 Å². The number of aromatic nitrogens is 2.